The SMILES string of the molecule is Cc1ccc(OC2CCN(C(=O)c3ccc(Cl)c([N+](=O)[O-])c3)C2)nn1. The summed E-state index contributed by atoms with van der Waals surface area (Å²) in [6.45, 7) is 2.71. The fourth-order valence-corrected chi connectivity index (χ4v) is 2.78. The molecule has 1 aromatic heterocycles. The second-order valence-electron chi connectivity index (χ2n) is 5.72. The minimum Gasteiger partial charge on any atom is -0.471 e. The summed E-state index contributed by atoms with van der Waals surface area (Å²) in [5.74, 6) is 0.118. The second-order valence-corrected chi connectivity index (χ2v) is 6.12. The number of nitro benzene ring substituents is 1. The van der Waals surface area contributed by atoms with E-state index in [9.17, 15) is 14.9 Å². The van der Waals surface area contributed by atoms with Crippen molar-refractivity contribution in [3.05, 3.63) is 56.7 Å². The Balaban J connectivity index is 1.67. The quantitative estimate of drug-likeness (QED) is 0.612. The zero-order valence-electron chi connectivity index (χ0n) is 13.4. The van der Waals surface area contributed by atoms with Crippen molar-refractivity contribution < 1.29 is 14.5 Å². The number of likely N-dealkylation sites (tertiary alicyclic amines) is 1. The topological polar surface area (TPSA) is 98.5 Å². The molecular weight excluding hydrogens is 348 g/mol. The van der Waals surface area contributed by atoms with Gasteiger partial charge in [0, 0.05) is 30.7 Å². The number of hydrogen-bond acceptors (Lipinski definition) is 6. The Labute approximate surface area is 148 Å². The Morgan fingerprint density at radius 1 is 1.36 bits per heavy atom. The zero-order valence-corrected chi connectivity index (χ0v) is 14.1. The van der Waals surface area contributed by atoms with E-state index in [1.54, 1.807) is 17.0 Å². The smallest absolute Gasteiger partial charge is 0.288 e. The monoisotopic (exact) mass is 362 g/mol. The largest absolute Gasteiger partial charge is 0.471 e. The predicted octanol–water partition coefficient (Wildman–Crippen LogP) is 2.64. The summed E-state index contributed by atoms with van der Waals surface area (Å²) in [5, 5.41) is 18.8. The number of halogens is 1. The molecule has 2 heterocycles. The molecule has 1 aliphatic rings. The van der Waals surface area contributed by atoms with E-state index in [2.05, 4.69) is 10.2 Å². The van der Waals surface area contributed by atoms with Crippen LogP contribution in [0.4, 0.5) is 5.69 Å². The van der Waals surface area contributed by atoms with Gasteiger partial charge in [-0.1, -0.05) is 11.6 Å². The summed E-state index contributed by atoms with van der Waals surface area (Å²) in [6, 6.07) is 7.57. The lowest BCUT2D eigenvalue weighted by atomic mass is 10.2. The molecule has 0 bridgehead atoms. The number of aromatic nitrogens is 2. The van der Waals surface area contributed by atoms with Gasteiger partial charge in [-0.25, -0.2) is 0 Å². The molecule has 0 aliphatic carbocycles. The highest BCUT2D eigenvalue weighted by Gasteiger charge is 2.29. The van der Waals surface area contributed by atoms with E-state index in [-0.39, 0.29) is 28.3 Å². The molecule has 1 fully saturated rings. The maximum Gasteiger partial charge on any atom is 0.288 e. The first kappa shape index (κ1) is 17.1. The molecule has 1 amide bonds. The summed E-state index contributed by atoms with van der Waals surface area (Å²) >= 11 is 5.78. The average Bonchev–Trinajstić information content (AvgIpc) is 3.05. The van der Waals surface area contributed by atoms with E-state index in [1.807, 2.05) is 6.92 Å². The van der Waals surface area contributed by atoms with Gasteiger partial charge in [-0.15, -0.1) is 5.10 Å². The molecule has 25 heavy (non-hydrogen) atoms. The van der Waals surface area contributed by atoms with Crippen LogP contribution in [0.3, 0.4) is 0 Å². The number of benzene rings is 1. The molecular formula is C16H15ClN4O4. The fraction of sp³-hybridized carbons (Fsp3) is 0.312. The third-order valence-electron chi connectivity index (χ3n) is 3.88. The molecule has 1 unspecified atom stereocenters. The first-order valence-electron chi connectivity index (χ1n) is 7.64. The molecule has 1 aliphatic heterocycles. The van der Waals surface area contributed by atoms with E-state index in [4.69, 9.17) is 16.3 Å². The van der Waals surface area contributed by atoms with Crippen molar-refractivity contribution in [1.29, 1.82) is 0 Å². The Bertz CT molecular complexity index is 812. The van der Waals surface area contributed by atoms with Crippen molar-refractivity contribution in [2.75, 3.05) is 13.1 Å². The van der Waals surface area contributed by atoms with Gasteiger partial charge in [-0.2, -0.15) is 5.10 Å². The van der Waals surface area contributed by atoms with Gasteiger partial charge in [0.05, 0.1) is 17.2 Å². The molecule has 0 N–H and O–H groups in total. The van der Waals surface area contributed by atoms with Crippen LogP contribution in [0, 0.1) is 17.0 Å². The van der Waals surface area contributed by atoms with Crippen LogP contribution in [-0.4, -0.2) is 45.1 Å². The maximum atomic E-state index is 12.6. The lowest BCUT2D eigenvalue weighted by Crippen LogP contribution is -2.31. The number of carbonyl (C=O) groups is 1. The van der Waals surface area contributed by atoms with E-state index >= 15 is 0 Å². The Kier molecular flexibility index (Phi) is 4.80. The first-order valence-corrected chi connectivity index (χ1v) is 8.02. The van der Waals surface area contributed by atoms with Gasteiger partial charge < -0.3 is 9.64 Å². The van der Waals surface area contributed by atoms with E-state index in [0.717, 1.165) is 5.69 Å². The number of ether oxygens (including phenoxy) is 1. The molecule has 8 nitrogen and oxygen atoms in total. The molecule has 1 aromatic carbocycles. The highest BCUT2D eigenvalue weighted by Crippen LogP contribution is 2.26. The van der Waals surface area contributed by atoms with Crippen molar-refractivity contribution >= 4 is 23.2 Å². The Hall–Kier alpha value is -2.74. The lowest BCUT2D eigenvalue weighted by molar-refractivity contribution is -0.384. The van der Waals surface area contributed by atoms with Crippen LogP contribution in [0.15, 0.2) is 30.3 Å². The molecule has 1 atom stereocenters. The average molecular weight is 363 g/mol. The molecule has 9 heteroatoms. The molecule has 1 saturated heterocycles. The zero-order chi connectivity index (χ0) is 18.0. The number of hydrogen-bond donors (Lipinski definition) is 0. The summed E-state index contributed by atoms with van der Waals surface area (Å²) < 4.78 is 5.73. The van der Waals surface area contributed by atoms with Crippen LogP contribution in [0.5, 0.6) is 5.88 Å². The van der Waals surface area contributed by atoms with Crippen molar-refractivity contribution in [3.8, 4) is 5.88 Å². The van der Waals surface area contributed by atoms with E-state index in [1.165, 1.54) is 18.2 Å². The van der Waals surface area contributed by atoms with Crippen molar-refractivity contribution in [2.45, 2.75) is 19.4 Å². The molecule has 0 saturated carbocycles. The van der Waals surface area contributed by atoms with Crippen LogP contribution in [0.25, 0.3) is 0 Å². The third kappa shape index (κ3) is 3.85. The van der Waals surface area contributed by atoms with Gasteiger partial charge in [0.2, 0.25) is 5.88 Å². The van der Waals surface area contributed by atoms with Gasteiger partial charge in [0.1, 0.15) is 11.1 Å². The van der Waals surface area contributed by atoms with Crippen LogP contribution < -0.4 is 4.74 Å². The van der Waals surface area contributed by atoms with Gasteiger partial charge >= 0.3 is 0 Å². The number of rotatable bonds is 4. The lowest BCUT2D eigenvalue weighted by Gasteiger charge is -2.17. The molecule has 0 radical (unpaired) electrons. The Morgan fingerprint density at radius 3 is 2.84 bits per heavy atom. The van der Waals surface area contributed by atoms with Crippen LogP contribution >= 0.6 is 11.6 Å². The highest BCUT2D eigenvalue weighted by atomic mass is 35.5. The molecule has 0 spiro atoms. The summed E-state index contributed by atoms with van der Waals surface area (Å²) in [4.78, 5) is 24.5. The summed E-state index contributed by atoms with van der Waals surface area (Å²) in [7, 11) is 0. The van der Waals surface area contributed by atoms with E-state index in [0.29, 0.717) is 25.4 Å². The third-order valence-corrected chi connectivity index (χ3v) is 4.20. The number of nitro groups is 1. The molecule has 3 rings (SSSR count). The number of aryl methyl sites for hydroxylation is 1. The van der Waals surface area contributed by atoms with Crippen LogP contribution in [0.1, 0.15) is 22.5 Å². The summed E-state index contributed by atoms with van der Waals surface area (Å²) in [6.07, 6.45) is 0.458. The van der Waals surface area contributed by atoms with Gasteiger partial charge in [0.25, 0.3) is 11.6 Å². The van der Waals surface area contributed by atoms with Crippen LogP contribution in [0.2, 0.25) is 5.02 Å². The second kappa shape index (κ2) is 7.02. The predicted molar refractivity (Wildman–Crippen MR) is 89.8 cm³/mol. The first-order chi connectivity index (χ1) is 11.9. The minimum absolute atomic E-state index is 0.00197. The van der Waals surface area contributed by atoms with Gasteiger partial charge in [-0.3, -0.25) is 14.9 Å². The molecule has 130 valence electrons. The van der Waals surface area contributed by atoms with Crippen molar-refractivity contribution in [1.82, 2.24) is 15.1 Å². The number of amides is 1. The van der Waals surface area contributed by atoms with Crippen molar-refractivity contribution in [2.24, 2.45) is 0 Å². The molecule has 2 aromatic rings. The van der Waals surface area contributed by atoms with E-state index < -0.39 is 4.92 Å². The minimum atomic E-state index is -0.606. The number of carbonyl (C=O) groups excluding carboxylic acids is 1. The fourth-order valence-electron chi connectivity index (χ4n) is 2.60. The summed E-state index contributed by atoms with van der Waals surface area (Å²) in [5.41, 5.74) is 0.737. The highest BCUT2D eigenvalue weighted by molar-refractivity contribution is 6.32. The maximum absolute atomic E-state index is 12.6. The number of nitrogens with zero attached hydrogens (tertiary/aromatic N) is 4. The normalized spacial score (nSPS) is 16.7. The Morgan fingerprint density at radius 2 is 2.16 bits per heavy atom. The van der Waals surface area contributed by atoms with Crippen LogP contribution in [-0.2, 0) is 0 Å². The van der Waals surface area contributed by atoms with Gasteiger partial charge in [-0.05, 0) is 25.1 Å². The van der Waals surface area contributed by atoms with Crippen molar-refractivity contribution in [3.63, 3.8) is 0 Å². The van der Waals surface area contributed by atoms with Gasteiger partial charge in [0.15, 0.2) is 0 Å². The standard InChI is InChI=1S/C16H15ClN4O4/c1-10-2-5-15(19-18-10)25-12-6-7-20(9-12)16(22)11-3-4-13(17)14(8-11)21(23)24/h2-5,8,12H,6-7,9H2,1H3.